The van der Waals surface area contributed by atoms with Gasteiger partial charge in [-0.3, -0.25) is 14.8 Å². The molecule has 1 aliphatic heterocycles. The van der Waals surface area contributed by atoms with Gasteiger partial charge in [0.25, 0.3) is 0 Å². The number of aromatic nitrogens is 2. The fourth-order valence-corrected chi connectivity index (χ4v) is 6.25. The molecule has 30 heavy (non-hydrogen) atoms. The van der Waals surface area contributed by atoms with E-state index in [1.807, 2.05) is 24.4 Å². The maximum Gasteiger partial charge on any atom is 0.309 e. The molecule has 4 nitrogen and oxygen atoms in total. The Labute approximate surface area is 178 Å². The summed E-state index contributed by atoms with van der Waals surface area (Å²) >= 11 is 0. The van der Waals surface area contributed by atoms with Crippen molar-refractivity contribution in [2.75, 3.05) is 0 Å². The molecule has 0 aromatic carbocycles. The van der Waals surface area contributed by atoms with Gasteiger partial charge < -0.3 is 4.74 Å². The Hall–Kier alpha value is -2.49. The Morgan fingerprint density at radius 2 is 1.97 bits per heavy atom. The van der Waals surface area contributed by atoms with Crippen LogP contribution in [0, 0.1) is 35.5 Å². The number of nitrogens with zero attached hydrogens (tertiary/aromatic N) is 2. The van der Waals surface area contributed by atoms with Gasteiger partial charge >= 0.3 is 5.97 Å². The summed E-state index contributed by atoms with van der Waals surface area (Å²) in [7, 11) is 0. The van der Waals surface area contributed by atoms with Crippen molar-refractivity contribution < 1.29 is 9.53 Å². The SMILES string of the molecule is C[C@@H]1CC[C@@H]2[C@@H](C1)C[C@H]1C(=O)O[C@H](C)[C@H]1[C@H]2/C=C/c1ccc(-c2ccccn2)cn1. The van der Waals surface area contributed by atoms with E-state index in [1.54, 1.807) is 6.20 Å². The third kappa shape index (κ3) is 3.57. The third-order valence-electron chi connectivity index (χ3n) is 7.65. The zero-order chi connectivity index (χ0) is 20.7. The minimum absolute atomic E-state index is 0.0111. The van der Waals surface area contributed by atoms with Crippen LogP contribution in [0.15, 0.2) is 48.8 Å². The van der Waals surface area contributed by atoms with Crippen LogP contribution in [0.1, 0.15) is 45.2 Å². The van der Waals surface area contributed by atoms with Crippen LogP contribution >= 0.6 is 0 Å². The lowest BCUT2D eigenvalue weighted by molar-refractivity contribution is -0.144. The van der Waals surface area contributed by atoms with Crippen molar-refractivity contribution >= 4 is 12.0 Å². The van der Waals surface area contributed by atoms with E-state index in [9.17, 15) is 4.79 Å². The van der Waals surface area contributed by atoms with Gasteiger partial charge in [-0.1, -0.05) is 25.5 Å². The maximum absolute atomic E-state index is 12.5. The zero-order valence-corrected chi connectivity index (χ0v) is 17.8. The predicted octanol–water partition coefficient (Wildman–Crippen LogP) is 5.41. The minimum Gasteiger partial charge on any atom is -0.462 e. The van der Waals surface area contributed by atoms with E-state index >= 15 is 0 Å². The van der Waals surface area contributed by atoms with Gasteiger partial charge in [0, 0.05) is 23.9 Å². The van der Waals surface area contributed by atoms with Gasteiger partial charge in [0.1, 0.15) is 6.10 Å². The molecule has 3 heterocycles. The Morgan fingerprint density at radius 3 is 2.73 bits per heavy atom. The minimum atomic E-state index is 0.0111. The summed E-state index contributed by atoms with van der Waals surface area (Å²) in [5.41, 5.74) is 2.91. The first-order valence-corrected chi connectivity index (χ1v) is 11.4. The second kappa shape index (κ2) is 7.98. The van der Waals surface area contributed by atoms with Crippen LogP contribution in [-0.4, -0.2) is 22.0 Å². The van der Waals surface area contributed by atoms with Crippen LogP contribution in [0.4, 0.5) is 0 Å². The number of rotatable bonds is 3. The fraction of sp³-hybridized carbons (Fsp3) is 0.500. The number of carbonyl (C=O) groups is 1. The summed E-state index contributed by atoms with van der Waals surface area (Å²) in [5, 5.41) is 0. The van der Waals surface area contributed by atoms with E-state index in [2.05, 4.69) is 48.1 Å². The van der Waals surface area contributed by atoms with Crippen molar-refractivity contribution in [3.8, 4) is 11.3 Å². The highest BCUT2D eigenvalue weighted by Crippen LogP contribution is 2.54. The molecule has 7 atom stereocenters. The van der Waals surface area contributed by atoms with Gasteiger partial charge in [0.15, 0.2) is 0 Å². The number of hydrogen-bond donors (Lipinski definition) is 0. The van der Waals surface area contributed by atoms with E-state index in [-0.39, 0.29) is 18.0 Å². The number of allylic oxidation sites excluding steroid dienone is 1. The molecule has 0 spiro atoms. The van der Waals surface area contributed by atoms with Crippen molar-refractivity contribution in [2.45, 2.75) is 45.6 Å². The van der Waals surface area contributed by atoms with Gasteiger partial charge in [0.2, 0.25) is 0 Å². The van der Waals surface area contributed by atoms with E-state index < -0.39 is 0 Å². The number of carbonyl (C=O) groups excluding carboxylic acids is 1. The fourth-order valence-electron chi connectivity index (χ4n) is 6.25. The largest absolute Gasteiger partial charge is 0.462 e. The van der Waals surface area contributed by atoms with Crippen LogP contribution in [0.2, 0.25) is 0 Å². The van der Waals surface area contributed by atoms with E-state index in [1.165, 1.54) is 19.3 Å². The monoisotopic (exact) mass is 402 g/mol. The molecule has 0 unspecified atom stereocenters. The Balaban J connectivity index is 1.39. The van der Waals surface area contributed by atoms with Crippen LogP contribution in [-0.2, 0) is 9.53 Å². The average molecular weight is 403 g/mol. The summed E-state index contributed by atoms with van der Waals surface area (Å²) in [6, 6.07) is 10.0. The first kappa shape index (κ1) is 19.5. The molecule has 3 aliphatic rings. The van der Waals surface area contributed by atoms with Crippen molar-refractivity contribution in [3.63, 3.8) is 0 Å². The lowest BCUT2D eigenvalue weighted by Crippen LogP contribution is -2.43. The Morgan fingerprint density at radius 1 is 1.07 bits per heavy atom. The van der Waals surface area contributed by atoms with Gasteiger partial charge in [-0.15, -0.1) is 0 Å². The molecule has 0 radical (unpaired) electrons. The molecular formula is C26H30N2O2. The molecular weight excluding hydrogens is 372 g/mol. The van der Waals surface area contributed by atoms with Gasteiger partial charge in [-0.25, -0.2) is 0 Å². The van der Waals surface area contributed by atoms with Crippen molar-refractivity contribution in [3.05, 3.63) is 54.5 Å². The number of fused-ring (bicyclic) bond motifs is 2. The molecule has 1 saturated heterocycles. The molecule has 2 aromatic rings. The van der Waals surface area contributed by atoms with Gasteiger partial charge in [0.05, 0.1) is 17.3 Å². The van der Waals surface area contributed by atoms with Crippen LogP contribution in [0.5, 0.6) is 0 Å². The average Bonchev–Trinajstić information content (AvgIpc) is 3.05. The van der Waals surface area contributed by atoms with Crippen molar-refractivity contribution in [2.24, 2.45) is 35.5 Å². The summed E-state index contributed by atoms with van der Waals surface area (Å²) in [5.74, 6) is 2.85. The molecule has 5 rings (SSSR count). The molecule has 0 bridgehead atoms. The molecule has 0 N–H and O–H groups in total. The summed E-state index contributed by atoms with van der Waals surface area (Å²) in [4.78, 5) is 21.5. The maximum atomic E-state index is 12.5. The molecule has 3 fully saturated rings. The molecule has 2 aromatic heterocycles. The van der Waals surface area contributed by atoms with Crippen LogP contribution in [0.25, 0.3) is 17.3 Å². The first-order valence-electron chi connectivity index (χ1n) is 11.4. The molecule has 156 valence electrons. The van der Waals surface area contributed by atoms with Crippen molar-refractivity contribution in [1.82, 2.24) is 9.97 Å². The Bertz CT molecular complexity index is 924. The number of ether oxygens (including phenoxy) is 1. The van der Waals surface area contributed by atoms with Gasteiger partial charge in [-0.2, -0.15) is 0 Å². The predicted molar refractivity (Wildman–Crippen MR) is 117 cm³/mol. The van der Waals surface area contributed by atoms with E-state index in [4.69, 9.17) is 4.74 Å². The second-order valence-electron chi connectivity index (χ2n) is 9.53. The molecule has 4 heteroatoms. The van der Waals surface area contributed by atoms with E-state index in [0.717, 1.165) is 29.3 Å². The zero-order valence-electron chi connectivity index (χ0n) is 17.8. The van der Waals surface area contributed by atoms with Crippen molar-refractivity contribution in [1.29, 1.82) is 0 Å². The first-order chi connectivity index (χ1) is 14.6. The standard InChI is InChI=1S/C26H30N2O2/c1-16-6-10-21-19(13-16)14-23-25(17(2)30-26(23)29)22(21)11-9-20-8-7-18(15-28-20)24-5-3-4-12-27-24/h3-5,7-9,11-12,15-17,19,21-23,25H,6,10,13-14H2,1-2H3/b11-9+/t16-,17-,19+,21-,22+,23-,25+/m1/s1. The lowest BCUT2D eigenvalue weighted by atomic mass is 9.56. The molecule has 0 amide bonds. The third-order valence-corrected chi connectivity index (χ3v) is 7.65. The number of esters is 1. The number of cyclic esters (lactones) is 1. The topological polar surface area (TPSA) is 52.1 Å². The summed E-state index contributed by atoms with van der Waals surface area (Å²) < 4.78 is 5.69. The normalized spacial score (nSPS) is 35.7. The summed E-state index contributed by atoms with van der Waals surface area (Å²) in [6.07, 6.45) is 13.0. The van der Waals surface area contributed by atoms with E-state index in [0.29, 0.717) is 23.7 Å². The summed E-state index contributed by atoms with van der Waals surface area (Å²) in [6.45, 7) is 4.44. The quantitative estimate of drug-likeness (QED) is 0.645. The second-order valence-corrected chi connectivity index (χ2v) is 9.53. The van der Waals surface area contributed by atoms with Crippen LogP contribution in [0.3, 0.4) is 0 Å². The number of pyridine rings is 2. The molecule has 2 aliphatic carbocycles. The lowest BCUT2D eigenvalue weighted by Gasteiger charge is -2.47. The Kier molecular flexibility index (Phi) is 5.18. The van der Waals surface area contributed by atoms with Crippen LogP contribution < -0.4 is 0 Å². The van der Waals surface area contributed by atoms with Gasteiger partial charge in [-0.05, 0) is 80.2 Å². The highest BCUT2D eigenvalue weighted by molar-refractivity contribution is 5.75. The highest BCUT2D eigenvalue weighted by Gasteiger charge is 2.54. The molecule has 2 saturated carbocycles. The highest BCUT2D eigenvalue weighted by atomic mass is 16.6. The smallest absolute Gasteiger partial charge is 0.309 e. The number of hydrogen-bond acceptors (Lipinski definition) is 4.